The second-order valence-electron chi connectivity index (χ2n) is 5.99. The van der Waals surface area contributed by atoms with Gasteiger partial charge in [0.05, 0.1) is 25.2 Å². The van der Waals surface area contributed by atoms with E-state index < -0.39 is 5.79 Å². The van der Waals surface area contributed by atoms with Crippen LogP contribution in [0.4, 0.5) is 0 Å². The van der Waals surface area contributed by atoms with Gasteiger partial charge in [-0.3, -0.25) is 4.79 Å². The van der Waals surface area contributed by atoms with E-state index in [9.17, 15) is 4.79 Å². The summed E-state index contributed by atoms with van der Waals surface area (Å²) < 4.78 is 17.7. The van der Waals surface area contributed by atoms with Gasteiger partial charge >= 0.3 is 0 Å². The first-order chi connectivity index (χ1) is 11.7. The number of ketones is 1. The Morgan fingerprint density at radius 3 is 2.08 bits per heavy atom. The summed E-state index contributed by atoms with van der Waals surface area (Å²) in [6.07, 6.45) is 3.71. The van der Waals surface area contributed by atoms with Crippen molar-refractivity contribution in [3.8, 4) is 5.75 Å². The summed E-state index contributed by atoms with van der Waals surface area (Å²) in [5, 5.41) is 0. The lowest BCUT2D eigenvalue weighted by Crippen LogP contribution is -2.49. The molecule has 4 rings (SSSR count). The molecule has 1 aromatic rings. The van der Waals surface area contributed by atoms with E-state index in [0.717, 1.165) is 31.4 Å². The highest BCUT2D eigenvalue weighted by atomic mass is 16.7. The van der Waals surface area contributed by atoms with Gasteiger partial charge in [0, 0.05) is 12.8 Å². The molecule has 0 radical (unpaired) electrons. The van der Waals surface area contributed by atoms with Crippen LogP contribution in [0.25, 0.3) is 0 Å². The highest BCUT2D eigenvalue weighted by Crippen LogP contribution is 2.46. The fraction of sp³-hybridized carbons (Fsp3) is 0.650. The van der Waals surface area contributed by atoms with Crippen LogP contribution in [0.15, 0.2) is 24.3 Å². The van der Waals surface area contributed by atoms with Crippen molar-refractivity contribution in [1.82, 2.24) is 0 Å². The minimum atomic E-state index is -0.408. The average Bonchev–Trinajstić information content (AvgIpc) is 3.10. The number of Topliss-reactive ketones (excluding diaryl/α,β-unsaturated/α-hetero) is 1. The number of carbonyl (C=O) groups is 1. The van der Waals surface area contributed by atoms with Crippen LogP contribution in [0.5, 0.6) is 5.75 Å². The molecule has 2 heterocycles. The van der Waals surface area contributed by atoms with E-state index in [4.69, 9.17) is 14.2 Å². The zero-order valence-corrected chi connectivity index (χ0v) is 15.4. The molecule has 1 saturated carbocycles. The van der Waals surface area contributed by atoms with Crippen LogP contribution in [0.1, 0.15) is 70.2 Å². The summed E-state index contributed by atoms with van der Waals surface area (Å²) in [7, 11) is 0. The maximum atomic E-state index is 12.3. The molecule has 1 aromatic carbocycles. The van der Waals surface area contributed by atoms with Crippen molar-refractivity contribution in [2.24, 2.45) is 0 Å². The summed E-state index contributed by atoms with van der Waals surface area (Å²) in [5.41, 5.74) is 0.359. The number of hydrogen-bond acceptors (Lipinski definition) is 4. The van der Waals surface area contributed by atoms with Gasteiger partial charge in [0.15, 0.2) is 11.6 Å². The number of benzene rings is 1. The fourth-order valence-electron chi connectivity index (χ4n) is 3.59. The molecular formula is C20H30O4. The van der Waals surface area contributed by atoms with Gasteiger partial charge in [0.25, 0.3) is 0 Å². The smallest absolute Gasteiger partial charge is 0.170 e. The summed E-state index contributed by atoms with van der Waals surface area (Å²) in [5.74, 6) is 0.512. The normalized spacial score (nSPS) is 22.6. The Labute approximate surface area is 145 Å². The standard InChI is InChI=1S/C16H18O4.2C2H6/c17-13-11-15(20-14-4-2-1-3-12(13)14)5-7-16(8-6-15)18-9-10-19-16;2*1-2/h1-4H,5-11H2;2*1-2H3. The maximum Gasteiger partial charge on any atom is 0.170 e. The summed E-state index contributed by atoms with van der Waals surface area (Å²) in [6.45, 7) is 9.35. The molecule has 2 fully saturated rings. The molecule has 0 aromatic heterocycles. The molecule has 4 nitrogen and oxygen atoms in total. The number of ether oxygens (including phenoxy) is 3. The van der Waals surface area contributed by atoms with Gasteiger partial charge in [-0.1, -0.05) is 39.8 Å². The lowest BCUT2D eigenvalue weighted by Gasteiger charge is -2.45. The topological polar surface area (TPSA) is 44.8 Å². The van der Waals surface area contributed by atoms with E-state index in [2.05, 4.69) is 0 Å². The fourth-order valence-corrected chi connectivity index (χ4v) is 3.59. The second kappa shape index (κ2) is 8.13. The van der Waals surface area contributed by atoms with Crippen LogP contribution in [0.2, 0.25) is 0 Å². The number of rotatable bonds is 0. The molecule has 0 bridgehead atoms. The highest BCUT2D eigenvalue weighted by Gasteiger charge is 2.50. The lowest BCUT2D eigenvalue weighted by molar-refractivity contribution is -0.199. The van der Waals surface area contributed by atoms with Crippen molar-refractivity contribution < 1.29 is 19.0 Å². The van der Waals surface area contributed by atoms with E-state index in [1.54, 1.807) is 0 Å². The largest absolute Gasteiger partial charge is 0.486 e. The molecule has 1 saturated heterocycles. The summed E-state index contributed by atoms with van der Waals surface area (Å²) in [6, 6.07) is 7.53. The SMILES string of the molecule is CC.CC.O=C1CC2(CCC3(CC2)OCCO3)Oc2ccccc21. The van der Waals surface area contributed by atoms with Crippen molar-refractivity contribution in [3.63, 3.8) is 0 Å². The summed E-state index contributed by atoms with van der Waals surface area (Å²) >= 11 is 0. The molecule has 0 N–H and O–H groups in total. The first kappa shape index (κ1) is 18.9. The third-order valence-electron chi connectivity index (χ3n) is 4.73. The Kier molecular flexibility index (Phi) is 6.41. The van der Waals surface area contributed by atoms with E-state index in [0.29, 0.717) is 25.2 Å². The zero-order chi connectivity index (χ0) is 17.6. The van der Waals surface area contributed by atoms with Gasteiger partial charge in [-0.15, -0.1) is 0 Å². The molecule has 134 valence electrons. The minimum absolute atomic E-state index is 0.191. The second-order valence-corrected chi connectivity index (χ2v) is 5.99. The predicted octanol–water partition coefficient (Wildman–Crippen LogP) is 4.76. The van der Waals surface area contributed by atoms with Crippen molar-refractivity contribution >= 4 is 5.78 Å². The Hall–Kier alpha value is -1.39. The average molecular weight is 334 g/mol. The van der Waals surface area contributed by atoms with Gasteiger partial charge < -0.3 is 14.2 Å². The van der Waals surface area contributed by atoms with Crippen molar-refractivity contribution in [2.75, 3.05) is 13.2 Å². The van der Waals surface area contributed by atoms with Gasteiger partial charge in [0.2, 0.25) is 0 Å². The highest BCUT2D eigenvalue weighted by molar-refractivity contribution is 6.00. The van der Waals surface area contributed by atoms with Gasteiger partial charge in [-0.25, -0.2) is 0 Å². The van der Waals surface area contributed by atoms with Crippen molar-refractivity contribution in [3.05, 3.63) is 29.8 Å². The van der Waals surface area contributed by atoms with E-state index >= 15 is 0 Å². The quantitative estimate of drug-likeness (QED) is 0.686. The molecule has 2 spiro atoms. The number of carbonyl (C=O) groups excluding carboxylic acids is 1. The van der Waals surface area contributed by atoms with Crippen molar-refractivity contribution in [1.29, 1.82) is 0 Å². The first-order valence-electron chi connectivity index (χ1n) is 9.30. The van der Waals surface area contributed by atoms with Crippen LogP contribution in [0.3, 0.4) is 0 Å². The number of hydrogen-bond donors (Lipinski definition) is 0. The maximum absolute atomic E-state index is 12.3. The van der Waals surface area contributed by atoms with Crippen molar-refractivity contribution in [2.45, 2.75) is 71.2 Å². The Morgan fingerprint density at radius 2 is 1.46 bits per heavy atom. The number of fused-ring (bicyclic) bond motifs is 1. The molecule has 3 aliphatic rings. The van der Waals surface area contributed by atoms with Crippen LogP contribution in [-0.4, -0.2) is 30.4 Å². The van der Waals surface area contributed by atoms with E-state index in [1.165, 1.54) is 0 Å². The molecule has 0 atom stereocenters. The predicted molar refractivity (Wildman–Crippen MR) is 94.5 cm³/mol. The molecule has 0 amide bonds. The Balaban J connectivity index is 0.000000487. The van der Waals surface area contributed by atoms with Crippen LogP contribution in [-0.2, 0) is 9.47 Å². The first-order valence-corrected chi connectivity index (χ1v) is 9.30. The molecule has 1 aliphatic carbocycles. The van der Waals surface area contributed by atoms with Gasteiger partial charge in [0.1, 0.15) is 11.4 Å². The molecular weight excluding hydrogens is 304 g/mol. The van der Waals surface area contributed by atoms with Crippen LogP contribution >= 0.6 is 0 Å². The van der Waals surface area contributed by atoms with E-state index in [1.807, 2.05) is 52.0 Å². The molecule has 4 heteroatoms. The lowest BCUT2D eigenvalue weighted by atomic mass is 9.76. The molecule has 2 aliphatic heterocycles. The van der Waals surface area contributed by atoms with Gasteiger partial charge in [-0.05, 0) is 25.0 Å². The van der Waals surface area contributed by atoms with E-state index in [-0.39, 0.29) is 11.4 Å². The van der Waals surface area contributed by atoms with Gasteiger partial charge in [-0.2, -0.15) is 0 Å². The third-order valence-corrected chi connectivity index (χ3v) is 4.73. The monoisotopic (exact) mass is 334 g/mol. The molecule has 24 heavy (non-hydrogen) atoms. The third kappa shape index (κ3) is 3.65. The Morgan fingerprint density at radius 1 is 0.875 bits per heavy atom. The minimum Gasteiger partial charge on any atom is -0.486 e. The Bertz CT molecular complexity index is 536. The zero-order valence-electron chi connectivity index (χ0n) is 15.4. The molecule has 0 unspecified atom stereocenters. The van der Waals surface area contributed by atoms with Crippen LogP contribution < -0.4 is 4.74 Å². The summed E-state index contributed by atoms with van der Waals surface area (Å²) in [4.78, 5) is 12.3. The van der Waals surface area contributed by atoms with Crippen LogP contribution in [0, 0.1) is 0 Å². The number of para-hydroxylation sites is 1.